The van der Waals surface area contributed by atoms with Crippen LogP contribution in [0.2, 0.25) is 0 Å². The first-order valence-corrected chi connectivity index (χ1v) is 6.34. The van der Waals surface area contributed by atoms with Crippen LogP contribution in [-0.2, 0) is 4.79 Å². The molecule has 0 amide bonds. The molecule has 0 radical (unpaired) electrons. The van der Waals surface area contributed by atoms with Crippen molar-refractivity contribution in [1.82, 2.24) is 5.32 Å². The second kappa shape index (κ2) is 5.87. The van der Waals surface area contributed by atoms with E-state index in [2.05, 4.69) is 5.32 Å². The Morgan fingerprint density at radius 3 is 2.85 bits per heavy atom. The second-order valence-corrected chi connectivity index (χ2v) is 4.85. The highest BCUT2D eigenvalue weighted by atomic mass is 16.6. The van der Waals surface area contributed by atoms with Gasteiger partial charge >= 0.3 is 5.97 Å². The van der Waals surface area contributed by atoms with Gasteiger partial charge in [0.25, 0.3) is 5.69 Å². The van der Waals surface area contributed by atoms with Gasteiger partial charge in [0, 0.05) is 12.1 Å². The van der Waals surface area contributed by atoms with E-state index in [1.54, 1.807) is 13.0 Å². The van der Waals surface area contributed by atoms with Crippen LogP contribution in [0.25, 0.3) is 0 Å². The molecule has 7 heteroatoms. The quantitative estimate of drug-likeness (QED) is 0.579. The minimum absolute atomic E-state index is 0.0617. The third-order valence-electron chi connectivity index (χ3n) is 3.10. The molecule has 1 atom stereocenters. The lowest BCUT2D eigenvalue weighted by molar-refractivity contribution is -0.384. The number of hydrogen-bond acceptors (Lipinski definition) is 5. The van der Waals surface area contributed by atoms with E-state index < -0.39 is 16.9 Å². The molecule has 108 valence electrons. The third-order valence-corrected chi connectivity index (χ3v) is 3.10. The molecule has 0 aromatic heterocycles. The van der Waals surface area contributed by atoms with E-state index in [0.717, 1.165) is 18.4 Å². The average molecular weight is 280 g/mol. The largest absolute Gasteiger partial charge is 0.491 e. The molecule has 1 aliphatic rings. The number of carboxylic acids is 1. The molecular weight excluding hydrogens is 264 g/mol. The van der Waals surface area contributed by atoms with Crippen molar-refractivity contribution in [1.29, 1.82) is 0 Å². The minimum Gasteiger partial charge on any atom is -0.491 e. The standard InChI is InChI=1S/C13H16N2O5/c1-8-2-5-10(15(18)19)6-12(8)20-7-11(13(16)17)14-9-3-4-9/h2,5-6,9,11,14H,3-4,7H2,1H3,(H,16,17). The van der Waals surface area contributed by atoms with Crippen molar-refractivity contribution in [2.45, 2.75) is 31.8 Å². The number of aryl methyl sites for hydroxylation is 1. The first-order valence-electron chi connectivity index (χ1n) is 6.34. The summed E-state index contributed by atoms with van der Waals surface area (Å²) in [6.45, 7) is 1.69. The number of nitro groups is 1. The van der Waals surface area contributed by atoms with Crippen LogP contribution in [0.1, 0.15) is 18.4 Å². The Kier molecular flexibility index (Phi) is 4.19. The molecule has 7 nitrogen and oxygen atoms in total. The van der Waals surface area contributed by atoms with Crippen molar-refractivity contribution in [3.8, 4) is 5.75 Å². The topological polar surface area (TPSA) is 102 Å². The van der Waals surface area contributed by atoms with Crippen molar-refractivity contribution < 1.29 is 19.6 Å². The van der Waals surface area contributed by atoms with Gasteiger partial charge in [-0.1, -0.05) is 0 Å². The smallest absolute Gasteiger partial charge is 0.324 e. The number of ether oxygens (including phenoxy) is 1. The zero-order valence-electron chi connectivity index (χ0n) is 11.0. The Morgan fingerprint density at radius 2 is 2.30 bits per heavy atom. The van der Waals surface area contributed by atoms with E-state index in [4.69, 9.17) is 9.84 Å². The number of carbonyl (C=O) groups is 1. The highest BCUT2D eigenvalue weighted by Crippen LogP contribution is 2.24. The van der Waals surface area contributed by atoms with Gasteiger partial charge in [0.05, 0.1) is 11.0 Å². The molecule has 1 saturated carbocycles. The molecule has 1 unspecified atom stereocenters. The van der Waals surface area contributed by atoms with Crippen LogP contribution in [0, 0.1) is 17.0 Å². The van der Waals surface area contributed by atoms with Crippen molar-refractivity contribution in [3.05, 3.63) is 33.9 Å². The Bertz CT molecular complexity index is 527. The number of aliphatic carboxylic acids is 1. The minimum atomic E-state index is -0.986. The molecule has 2 N–H and O–H groups in total. The van der Waals surface area contributed by atoms with E-state index in [-0.39, 0.29) is 18.3 Å². The van der Waals surface area contributed by atoms with Crippen LogP contribution in [0.5, 0.6) is 5.75 Å². The van der Waals surface area contributed by atoms with Crippen LogP contribution >= 0.6 is 0 Å². The molecule has 1 fully saturated rings. The van der Waals surface area contributed by atoms with Crippen LogP contribution in [-0.4, -0.2) is 34.7 Å². The van der Waals surface area contributed by atoms with Crippen molar-refractivity contribution in [2.24, 2.45) is 0 Å². The average Bonchev–Trinajstić information content (AvgIpc) is 3.19. The summed E-state index contributed by atoms with van der Waals surface area (Å²) < 4.78 is 5.43. The molecule has 0 bridgehead atoms. The Morgan fingerprint density at radius 1 is 1.60 bits per heavy atom. The molecule has 0 heterocycles. The number of carboxylic acid groups (broad SMARTS) is 1. The van der Waals surface area contributed by atoms with E-state index in [9.17, 15) is 14.9 Å². The van der Waals surface area contributed by atoms with Crippen LogP contribution in [0.3, 0.4) is 0 Å². The van der Waals surface area contributed by atoms with Crippen molar-refractivity contribution >= 4 is 11.7 Å². The number of benzene rings is 1. The number of nitrogens with one attached hydrogen (secondary N) is 1. The number of non-ortho nitro benzene ring substituents is 1. The highest BCUT2D eigenvalue weighted by Gasteiger charge is 2.28. The monoisotopic (exact) mass is 280 g/mol. The first-order chi connectivity index (χ1) is 9.47. The molecule has 20 heavy (non-hydrogen) atoms. The summed E-state index contributed by atoms with van der Waals surface area (Å²) in [6.07, 6.45) is 1.94. The van der Waals surface area contributed by atoms with Crippen LogP contribution < -0.4 is 10.1 Å². The Hall–Kier alpha value is -2.15. The third kappa shape index (κ3) is 3.67. The molecule has 0 spiro atoms. The fraction of sp³-hybridized carbons (Fsp3) is 0.462. The normalized spacial score (nSPS) is 15.7. The maximum atomic E-state index is 11.1. The molecule has 2 rings (SSSR count). The zero-order valence-corrected chi connectivity index (χ0v) is 11.0. The summed E-state index contributed by atoms with van der Waals surface area (Å²) in [5.41, 5.74) is 0.652. The van der Waals surface area contributed by atoms with E-state index in [1.165, 1.54) is 12.1 Å². The van der Waals surface area contributed by atoms with E-state index in [0.29, 0.717) is 5.75 Å². The SMILES string of the molecule is Cc1ccc([N+](=O)[O-])cc1OCC(NC1CC1)C(=O)O. The highest BCUT2D eigenvalue weighted by molar-refractivity contribution is 5.73. The second-order valence-electron chi connectivity index (χ2n) is 4.85. The van der Waals surface area contributed by atoms with Gasteiger partial charge in [0.1, 0.15) is 18.4 Å². The molecule has 0 aliphatic heterocycles. The van der Waals surface area contributed by atoms with E-state index >= 15 is 0 Å². The van der Waals surface area contributed by atoms with Crippen molar-refractivity contribution in [2.75, 3.05) is 6.61 Å². The summed E-state index contributed by atoms with van der Waals surface area (Å²) in [7, 11) is 0. The fourth-order valence-electron chi connectivity index (χ4n) is 1.76. The first kappa shape index (κ1) is 14.3. The lowest BCUT2D eigenvalue weighted by atomic mass is 10.2. The summed E-state index contributed by atoms with van der Waals surface area (Å²) in [6, 6.07) is 3.72. The van der Waals surface area contributed by atoms with Crippen LogP contribution in [0.15, 0.2) is 18.2 Å². The lowest BCUT2D eigenvalue weighted by Crippen LogP contribution is -2.42. The maximum absolute atomic E-state index is 11.1. The number of hydrogen-bond donors (Lipinski definition) is 2. The van der Waals surface area contributed by atoms with Crippen molar-refractivity contribution in [3.63, 3.8) is 0 Å². The Labute approximate surface area is 115 Å². The zero-order chi connectivity index (χ0) is 14.7. The number of nitrogens with zero attached hydrogens (tertiary/aromatic N) is 1. The molecule has 0 saturated heterocycles. The van der Waals surface area contributed by atoms with Gasteiger partial charge in [-0.25, -0.2) is 0 Å². The fourth-order valence-corrected chi connectivity index (χ4v) is 1.76. The summed E-state index contributed by atoms with van der Waals surface area (Å²) in [5.74, 6) is -0.650. The van der Waals surface area contributed by atoms with Gasteiger partial charge < -0.3 is 9.84 Å². The summed E-state index contributed by atoms with van der Waals surface area (Å²) >= 11 is 0. The molecular formula is C13H16N2O5. The molecule has 1 aromatic carbocycles. The van der Waals surface area contributed by atoms with Gasteiger partial charge in [-0.3, -0.25) is 20.2 Å². The van der Waals surface area contributed by atoms with E-state index in [1.807, 2.05) is 0 Å². The molecule has 1 aromatic rings. The summed E-state index contributed by atoms with van der Waals surface area (Å²) in [4.78, 5) is 21.3. The van der Waals surface area contributed by atoms with Gasteiger partial charge in [-0.2, -0.15) is 0 Å². The van der Waals surface area contributed by atoms with Gasteiger partial charge in [0.2, 0.25) is 0 Å². The number of nitro benzene ring substituents is 1. The summed E-state index contributed by atoms with van der Waals surface area (Å²) in [5, 5.41) is 22.8. The van der Waals surface area contributed by atoms with Crippen LogP contribution in [0.4, 0.5) is 5.69 Å². The predicted molar refractivity (Wildman–Crippen MR) is 70.9 cm³/mol. The Balaban J connectivity index is 2.02. The molecule has 1 aliphatic carbocycles. The van der Waals surface area contributed by atoms with Gasteiger partial charge in [-0.05, 0) is 31.4 Å². The maximum Gasteiger partial charge on any atom is 0.324 e. The van der Waals surface area contributed by atoms with Gasteiger partial charge in [0.15, 0.2) is 0 Å². The van der Waals surface area contributed by atoms with Gasteiger partial charge in [-0.15, -0.1) is 0 Å². The lowest BCUT2D eigenvalue weighted by Gasteiger charge is -2.16. The number of rotatable bonds is 7. The predicted octanol–water partition coefficient (Wildman–Crippen LogP) is 1.49.